The zero-order valence-corrected chi connectivity index (χ0v) is 10.6. The standard InChI is InChI=1S/C11H18F3NO3/c1-7-5-15(6-10(2,3)18-7)8(4-9(16)17)11(12,13)14/h7-8H,4-6H2,1-3H3,(H,16,17). The van der Waals surface area contributed by atoms with Gasteiger partial charge in [-0.05, 0) is 20.8 Å². The maximum absolute atomic E-state index is 12.9. The molecule has 0 aromatic carbocycles. The number of carbonyl (C=O) groups is 1. The lowest BCUT2D eigenvalue weighted by Crippen LogP contribution is -2.59. The summed E-state index contributed by atoms with van der Waals surface area (Å²) < 4.78 is 44.2. The summed E-state index contributed by atoms with van der Waals surface area (Å²) in [6, 6.07) is -1.96. The SMILES string of the molecule is CC1CN(C(CC(=O)O)C(F)(F)F)CC(C)(C)O1. The number of hydrogen-bond acceptors (Lipinski definition) is 3. The number of rotatable bonds is 3. The van der Waals surface area contributed by atoms with E-state index in [2.05, 4.69) is 0 Å². The Labute approximate surface area is 104 Å². The van der Waals surface area contributed by atoms with Crippen LogP contribution < -0.4 is 0 Å². The molecule has 1 aliphatic rings. The Hall–Kier alpha value is -0.820. The zero-order valence-electron chi connectivity index (χ0n) is 10.6. The van der Waals surface area contributed by atoms with Crippen molar-refractivity contribution in [2.45, 2.75) is 51.1 Å². The summed E-state index contributed by atoms with van der Waals surface area (Å²) in [4.78, 5) is 11.7. The van der Waals surface area contributed by atoms with Gasteiger partial charge < -0.3 is 9.84 Å². The highest BCUT2D eigenvalue weighted by molar-refractivity contribution is 5.67. The van der Waals surface area contributed by atoms with Gasteiger partial charge in [-0.25, -0.2) is 0 Å². The van der Waals surface area contributed by atoms with E-state index in [0.29, 0.717) is 0 Å². The van der Waals surface area contributed by atoms with E-state index in [9.17, 15) is 18.0 Å². The summed E-state index contributed by atoms with van der Waals surface area (Å²) in [5.41, 5.74) is -0.709. The smallest absolute Gasteiger partial charge is 0.404 e. The molecule has 1 fully saturated rings. The summed E-state index contributed by atoms with van der Waals surface area (Å²) in [7, 11) is 0. The van der Waals surface area contributed by atoms with Crippen molar-refractivity contribution in [3.05, 3.63) is 0 Å². The van der Waals surface area contributed by atoms with Crippen molar-refractivity contribution in [2.24, 2.45) is 0 Å². The monoisotopic (exact) mass is 269 g/mol. The molecule has 2 atom stereocenters. The van der Waals surface area contributed by atoms with Gasteiger partial charge >= 0.3 is 12.1 Å². The van der Waals surface area contributed by atoms with Crippen LogP contribution in [0.3, 0.4) is 0 Å². The molecule has 1 rings (SSSR count). The number of ether oxygens (including phenoxy) is 1. The summed E-state index contributed by atoms with van der Waals surface area (Å²) in [6.45, 7) is 5.23. The quantitative estimate of drug-likeness (QED) is 0.850. The van der Waals surface area contributed by atoms with Crippen LogP contribution in [0.4, 0.5) is 13.2 Å². The highest BCUT2D eigenvalue weighted by Gasteiger charge is 2.48. The second-order valence-corrected chi connectivity index (χ2v) is 5.27. The van der Waals surface area contributed by atoms with Crippen molar-refractivity contribution in [3.63, 3.8) is 0 Å². The number of carboxylic acid groups (broad SMARTS) is 1. The fraction of sp³-hybridized carbons (Fsp3) is 0.909. The molecule has 1 heterocycles. The minimum Gasteiger partial charge on any atom is -0.481 e. The van der Waals surface area contributed by atoms with Gasteiger partial charge in [0.25, 0.3) is 0 Å². The average Bonchev–Trinajstić information content (AvgIpc) is 2.08. The van der Waals surface area contributed by atoms with Gasteiger partial charge in [-0.2, -0.15) is 13.2 Å². The lowest BCUT2D eigenvalue weighted by atomic mass is 10.0. The lowest BCUT2D eigenvalue weighted by molar-refractivity contribution is -0.219. The molecule has 106 valence electrons. The van der Waals surface area contributed by atoms with E-state index in [1.807, 2.05) is 0 Å². The molecule has 0 aromatic rings. The Morgan fingerprint density at radius 1 is 1.56 bits per heavy atom. The van der Waals surface area contributed by atoms with Gasteiger partial charge in [0.05, 0.1) is 18.1 Å². The van der Waals surface area contributed by atoms with Gasteiger partial charge in [-0.15, -0.1) is 0 Å². The number of alkyl halides is 3. The molecule has 0 saturated carbocycles. The van der Waals surface area contributed by atoms with E-state index < -0.39 is 30.2 Å². The molecule has 4 nitrogen and oxygen atoms in total. The van der Waals surface area contributed by atoms with Crippen molar-refractivity contribution >= 4 is 5.97 Å². The lowest BCUT2D eigenvalue weighted by Gasteiger charge is -2.45. The second-order valence-electron chi connectivity index (χ2n) is 5.27. The van der Waals surface area contributed by atoms with Crippen LogP contribution in [0.5, 0.6) is 0 Å². The number of hydrogen-bond donors (Lipinski definition) is 1. The van der Waals surface area contributed by atoms with Gasteiger partial charge in [0, 0.05) is 13.1 Å². The molecule has 2 unspecified atom stereocenters. The molecule has 1 aliphatic heterocycles. The predicted molar refractivity (Wildman–Crippen MR) is 58.3 cm³/mol. The van der Waals surface area contributed by atoms with Gasteiger partial charge in [0.2, 0.25) is 0 Å². The summed E-state index contributed by atoms with van der Waals surface area (Å²) in [5.74, 6) is -1.45. The van der Waals surface area contributed by atoms with Crippen LogP contribution in [0.15, 0.2) is 0 Å². The zero-order chi connectivity index (χ0) is 14.1. The van der Waals surface area contributed by atoms with Gasteiger partial charge in [-0.3, -0.25) is 9.69 Å². The Balaban J connectivity index is 2.88. The van der Waals surface area contributed by atoms with Crippen LogP contribution in [0, 0.1) is 0 Å². The Bertz CT molecular complexity index is 317. The van der Waals surface area contributed by atoms with Gasteiger partial charge in [0.15, 0.2) is 0 Å². The molecule has 0 aliphatic carbocycles. The fourth-order valence-corrected chi connectivity index (χ4v) is 2.36. The normalized spacial score (nSPS) is 26.9. The third-order valence-corrected chi connectivity index (χ3v) is 2.78. The first kappa shape index (κ1) is 15.2. The van der Waals surface area contributed by atoms with E-state index in [0.717, 1.165) is 4.90 Å². The number of nitrogens with zero attached hydrogens (tertiary/aromatic N) is 1. The van der Waals surface area contributed by atoms with Crippen molar-refractivity contribution in [1.82, 2.24) is 4.90 Å². The van der Waals surface area contributed by atoms with E-state index in [1.165, 1.54) is 0 Å². The first-order chi connectivity index (χ1) is 8.01. The van der Waals surface area contributed by atoms with E-state index in [4.69, 9.17) is 9.84 Å². The molecular weight excluding hydrogens is 251 g/mol. The number of morpholine rings is 1. The number of aliphatic carboxylic acids is 1. The maximum atomic E-state index is 12.9. The molecule has 1 N–H and O–H groups in total. The molecule has 7 heteroatoms. The first-order valence-corrected chi connectivity index (χ1v) is 5.71. The molecule has 0 aromatic heterocycles. The fourth-order valence-electron chi connectivity index (χ4n) is 2.36. The Morgan fingerprint density at radius 3 is 2.50 bits per heavy atom. The van der Waals surface area contributed by atoms with Gasteiger partial charge in [0.1, 0.15) is 6.04 Å². The van der Waals surface area contributed by atoms with Crippen LogP contribution in [-0.2, 0) is 9.53 Å². The summed E-state index contributed by atoms with van der Waals surface area (Å²) in [5, 5.41) is 8.62. The molecular formula is C11H18F3NO3. The highest BCUT2D eigenvalue weighted by atomic mass is 19.4. The second kappa shape index (κ2) is 5.05. The van der Waals surface area contributed by atoms with Crippen molar-refractivity contribution in [2.75, 3.05) is 13.1 Å². The van der Waals surface area contributed by atoms with Crippen LogP contribution in [-0.4, -0.2) is 53.0 Å². The summed E-state index contributed by atoms with van der Waals surface area (Å²) >= 11 is 0. The van der Waals surface area contributed by atoms with Crippen molar-refractivity contribution in [3.8, 4) is 0 Å². The Morgan fingerprint density at radius 2 is 2.11 bits per heavy atom. The minimum atomic E-state index is -4.55. The van der Waals surface area contributed by atoms with E-state index >= 15 is 0 Å². The molecule has 0 radical (unpaired) electrons. The topological polar surface area (TPSA) is 49.8 Å². The first-order valence-electron chi connectivity index (χ1n) is 5.71. The third-order valence-electron chi connectivity index (χ3n) is 2.78. The number of carboxylic acids is 1. The van der Waals surface area contributed by atoms with Crippen LogP contribution in [0.1, 0.15) is 27.2 Å². The van der Waals surface area contributed by atoms with Crippen molar-refractivity contribution < 1.29 is 27.8 Å². The third kappa shape index (κ3) is 4.13. The molecule has 0 amide bonds. The maximum Gasteiger partial charge on any atom is 0.404 e. The van der Waals surface area contributed by atoms with Crippen molar-refractivity contribution in [1.29, 1.82) is 0 Å². The molecule has 0 spiro atoms. The molecule has 1 saturated heterocycles. The minimum absolute atomic E-state index is 0.0643. The summed E-state index contributed by atoms with van der Waals surface area (Å²) in [6.07, 6.45) is -5.84. The van der Waals surface area contributed by atoms with E-state index in [-0.39, 0.29) is 19.2 Å². The Kier molecular flexibility index (Phi) is 4.27. The van der Waals surface area contributed by atoms with Crippen LogP contribution in [0.2, 0.25) is 0 Å². The van der Waals surface area contributed by atoms with E-state index in [1.54, 1.807) is 20.8 Å². The largest absolute Gasteiger partial charge is 0.481 e. The average molecular weight is 269 g/mol. The van der Waals surface area contributed by atoms with Crippen LogP contribution in [0.25, 0.3) is 0 Å². The highest BCUT2D eigenvalue weighted by Crippen LogP contribution is 2.31. The molecule has 18 heavy (non-hydrogen) atoms. The predicted octanol–water partition coefficient (Wildman–Crippen LogP) is 1.89. The number of halogens is 3. The van der Waals surface area contributed by atoms with Gasteiger partial charge in [-0.1, -0.05) is 0 Å². The van der Waals surface area contributed by atoms with Crippen LogP contribution >= 0.6 is 0 Å². The molecule has 0 bridgehead atoms.